The summed E-state index contributed by atoms with van der Waals surface area (Å²) in [6, 6.07) is 15.3. The maximum atomic E-state index is 15.3. The number of aliphatic imine (C=N–C) groups is 1. The van der Waals surface area contributed by atoms with Crippen LogP contribution in [0.1, 0.15) is 163 Å². The second-order valence-corrected chi connectivity index (χ2v) is 36.0. The van der Waals surface area contributed by atoms with E-state index < -0.39 is 105 Å². The number of H-pyrrole nitrogens is 1. The fourth-order valence-electron chi connectivity index (χ4n) is 19.9. The summed E-state index contributed by atoms with van der Waals surface area (Å²) in [6.07, 6.45) is 6.89. The van der Waals surface area contributed by atoms with Gasteiger partial charge in [-0.1, -0.05) is 79.6 Å². The first-order valence-corrected chi connectivity index (χ1v) is 43.9. The average Bonchev–Trinajstić information content (AvgIpc) is 1.47. The van der Waals surface area contributed by atoms with E-state index in [-0.39, 0.29) is 123 Å². The Balaban J connectivity index is 0.589. The van der Waals surface area contributed by atoms with E-state index in [4.69, 9.17) is 31.4 Å². The number of nitrogens with zero attached hydrogens (tertiary/aromatic N) is 7. The van der Waals surface area contributed by atoms with Gasteiger partial charge in [0.1, 0.15) is 30.9 Å². The molecule has 16 atom stereocenters. The smallest absolute Gasteiger partial charge is 0.426 e. The molecule has 2 bridgehead atoms. The molecule has 8 heterocycles. The number of Topliss-reactive ketones (excluding diaryl/α,β-unsaturated/α-hetero) is 3. The van der Waals surface area contributed by atoms with Crippen LogP contribution in [-0.2, 0) is 60.4 Å². The summed E-state index contributed by atoms with van der Waals surface area (Å²) in [5.41, 5.74) is 20.4. The van der Waals surface area contributed by atoms with Crippen molar-refractivity contribution in [3.8, 4) is 5.75 Å². The SMILES string of the molecule is CC[C@]1(O)C[C@H]2CN(CCC3c4ccccc4NC3[C@@](COC=O)(c3cc4c(cc3OC)N(C)[C@H]3[C@](O)(C(=O)NNC(=O)OCCSSCCCC(=O)[C@H](C)NC(=O)[C@H](C)CC(=O)[C@H](CCCN=C(N)N)NC(=O)[C@H](C)CC(=O)CCCNC(=O)c5ccc(NCc6cnc7nc(N)[nH]c(=O)c7n6)cc5)[C@H](O)[C@]5(CC)C=CCN6CC[C@]43[C@@H]65)C2)C1. The molecule has 6 aliphatic heterocycles. The molecular formula is C84H114N18O16S2. The first kappa shape index (κ1) is 89.3. The zero-order chi connectivity index (χ0) is 86.0. The molecule has 4 fully saturated rings. The first-order chi connectivity index (χ1) is 57.5. The van der Waals surface area contributed by atoms with Gasteiger partial charge in [-0.25, -0.2) is 20.2 Å². The number of anilines is 4. The number of benzene rings is 3. The number of amides is 5. The van der Waals surface area contributed by atoms with Crippen LogP contribution in [0.15, 0.2) is 88.8 Å². The zero-order valence-electron chi connectivity index (χ0n) is 69.1. The molecule has 17 N–H and O–H groups in total. The van der Waals surface area contributed by atoms with E-state index in [9.17, 15) is 58.5 Å². The Kier molecular flexibility index (Phi) is 28.6. The minimum absolute atomic E-state index is 0.0175. The Labute approximate surface area is 704 Å². The van der Waals surface area contributed by atoms with Crippen LogP contribution in [0.2, 0.25) is 0 Å². The molecule has 7 aliphatic rings. The normalized spacial score (nSPS) is 26.4. The third kappa shape index (κ3) is 18.7. The number of aromatic amines is 1. The standard InChI is InChI=1S/C84H114N18O16S2/c1-8-80(114)40-51-41-82(46-117-47-103,67-57(25-31-101(44-51)45-80)56-17-10-11-18-60(56)94-67)59-38-58-62(39-65(59)116-7)100(6)74-83(58)27-32-102-30-15-26-81(9-2,73(83)102)75(111)84(74,115)76(112)98-99-79(113)118-33-35-120-119-34-14-20-63(105)50(5)92-69(107)49(4)37-64(106)61(19-13-29-89-77(85)86)95-70(108)48(3)36-55(104)16-12-28-88-71(109)52-21-23-53(24-22-52)90-42-54-43-91-68-66(93-54)72(110)97-78(87)96-68/h10-11,15,17-18,21-24,26,38-39,43,47-51,57,61,67,73-75,90,94,111,114-115H,8-9,12-14,16,19-20,25,27-37,40-42,44-46H2,1-7H3,(H,88,109)(H,92,107)(H,95,108)(H,98,112)(H,99,113)(H4,85,86,89)(H3,87,91,96,97,110)/t48-,49-,50+,51-,57?,61+,67?,73+,74-,75-,80+,81-,82+,83-,84-/m1/s1. The lowest BCUT2D eigenvalue weighted by Gasteiger charge is -2.63. The number of aromatic nitrogens is 4. The number of carbonyl (C=O) groups excluding carboxylic acids is 9. The van der Waals surface area contributed by atoms with Crippen molar-refractivity contribution in [2.45, 2.75) is 195 Å². The predicted octanol–water partition coefficient (Wildman–Crippen LogP) is 4.30. The number of hydrogen-bond donors (Lipinski definition) is 14. The van der Waals surface area contributed by atoms with Crippen molar-refractivity contribution in [2.75, 3.05) is 106 Å². The topological polar surface area (TPSA) is 498 Å². The summed E-state index contributed by atoms with van der Waals surface area (Å²) in [5, 5.41) is 54.3. The van der Waals surface area contributed by atoms with Crippen molar-refractivity contribution < 1.29 is 72.7 Å². The van der Waals surface area contributed by atoms with Crippen LogP contribution in [0.5, 0.6) is 5.75 Å². The number of ether oxygens (including phenoxy) is 3. The molecule has 3 saturated heterocycles. The van der Waals surface area contributed by atoms with Gasteiger partial charge in [0, 0.05) is 152 Å². The number of nitrogens with one attached hydrogen (secondary N) is 8. The van der Waals surface area contributed by atoms with Gasteiger partial charge in [-0.05, 0) is 138 Å². The third-order valence-electron chi connectivity index (χ3n) is 25.6. The Bertz CT molecular complexity index is 4750. The number of carbonyl (C=O) groups is 9. The van der Waals surface area contributed by atoms with E-state index in [1.807, 2.05) is 56.1 Å². The number of para-hydroxylation sites is 1. The lowest BCUT2D eigenvalue weighted by Crippen LogP contribution is -2.82. The van der Waals surface area contributed by atoms with Gasteiger partial charge in [0.15, 0.2) is 34.3 Å². The number of aliphatic hydroxyl groups excluding tert-OH is 1. The van der Waals surface area contributed by atoms with Crippen LogP contribution in [0.3, 0.4) is 0 Å². The van der Waals surface area contributed by atoms with Gasteiger partial charge in [0.25, 0.3) is 23.8 Å². The second kappa shape index (κ2) is 38.4. The zero-order valence-corrected chi connectivity index (χ0v) is 70.7. The number of hydrogen-bond acceptors (Lipinski definition) is 28. The number of nitrogens with two attached hydrogens (primary N) is 3. The number of rotatable bonds is 38. The number of guanidine groups is 1. The van der Waals surface area contributed by atoms with Crippen LogP contribution in [0, 0.1) is 23.2 Å². The van der Waals surface area contributed by atoms with Crippen molar-refractivity contribution in [2.24, 2.45) is 39.6 Å². The number of ketones is 3. The minimum Gasteiger partial charge on any atom is -0.496 e. The third-order valence-corrected chi connectivity index (χ3v) is 28.0. The quantitative estimate of drug-likeness (QED) is 0.00498. The first-order valence-electron chi connectivity index (χ1n) is 41.4. The van der Waals surface area contributed by atoms with Crippen LogP contribution < -0.4 is 69.8 Å². The Hall–Kier alpha value is -9.98. The summed E-state index contributed by atoms with van der Waals surface area (Å²) < 4.78 is 18.1. The van der Waals surface area contributed by atoms with Crippen molar-refractivity contribution in [1.82, 2.24) is 56.5 Å². The van der Waals surface area contributed by atoms with E-state index in [0.29, 0.717) is 117 Å². The highest BCUT2D eigenvalue weighted by Crippen LogP contribution is 2.68. The molecule has 5 aromatic rings. The van der Waals surface area contributed by atoms with E-state index in [1.54, 1.807) is 52.1 Å². The highest BCUT2D eigenvalue weighted by Gasteiger charge is 2.79. The molecule has 3 aromatic carbocycles. The number of aliphatic hydroxyl groups is 3. The molecule has 36 heteroatoms. The number of hydrazine groups is 1. The molecule has 12 rings (SSSR count). The van der Waals surface area contributed by atoms with Gasteiger partial charge in [0.05, 0.1) is 54.7 Å². The van der Waals surface area contributed by atoms with Gasteiger partial charge in [0.2, 0.25) is 17.8 Å². The second-order valence-electron chi connectivity index (χ2n) is 33.3. The summed E-state index contributed by atoms with van der Waals surface area (Å²) in [5.74, 6) is -4.06. The molecule has 5 amide bonds. The summed E-state index contributed by atoms with van der Waals surface area (Å²) >= 11 is 0. The number of piperidine rings is 1. The van der Waals surface area contributed by atoms with E-state index >= 15 is 4.79 Å². The van der Waals surface area contributed by atoms with Gasteiger partial charge in [-0.2, -0.15) is 4.98 Å². The van der Waals surface area contributed by atoms with Gasteiger partial charge >= 0.3 is 6.09 Å². The molecular weight excluding hydrogens is 1580 g/mol. The maximum Gasteiger partial charge on any atom is 0.426 e. The van der Waals surface area contributed by atoms with Crippen LogP contribution in [-0.4, -0.2) is 237 Å². The molecule has 34 nitrogen and oxygen atoms in total. The molecule has 3 unspecified atom stereocenters. The van der Waals surface area contributed by atoms with Crippen molar-refractivity contribution in [1.29, 1.82) is 0 Å². The Morgan fingerprint density at radius 3 is 2.38 bits per heavy atom. The molecule has 0 radical (unpaired) electrons. The number of likely N-dealkylation sites (N-methyl/N-ethyl adjacent to an activating group) is 1. The number of methoxy groups -OCH3 is 1. The molecule has 120 heavy (non-hydrogen) atoms. The monoisotopic (exact) mass is 1690 g/mol. The van der Waals surface area contributed by atoms with Crippen LogP contribution >= 0.6 is 21.6 Å². The van der Waals surface area contributed by atoms with Crippen molar-refractivity contribution in [3.63, 3.8) is 0 Å². The highest BCUT2D eigenvalue weighted by molar-refractivity contribution is 8.76. The van der Waals surface area contributed by atoms with Gasteiger partial charge < -0.3 is 83.1 Å². The van der Waals surface area contributed by atoms with E-state index in [0.717, 1.165) is 41.9 Å². The molecule has 1 saturated carbocycles. The largest absolute Gasteiger partial charge is 0.496 e. The van der Waals surface area contributed by atoms with Crippen molar-refractivity contribution >= 4 is 115 Å². The minimum atomic E-state index is -2.58. The summed E-state index contributed by atoms with van der Waals surface area (Å²) in [7, 11) is 6.25. The van der Waals surface area contributed by atoms with Crippen LogP contribution in [0.25, 0.3) is 11.2 Å². The fraction of sp³-hybridized carbons (Fsp3) is 0.571. The molecule has 1 aliphatic carbocycles. The lowest BCUT2D eigenvalue weighted by molar-refractivity contribution is -0.204. The number of nitrogen functional groups attached to an aromatic ring is 1. The Morgan fingerprint density at radius 1 is 0.867 bits per heavy atom. The molecule has 2 aromatic heterocycles. The van der Waals surface area contributed by atoms with Gasteiger partial charge in [-0.3, -0.25) is 63.5 Å². The molecule has 1 spiro atoms. The van der Waals surface area contributed by atoms with Gasteiger partial charge in [-0.15, -0.1) is 0 Å². The molecule has 648 valence electrons. The highest BCUT2D eigenvalue weighted by atomic mass is 33.1. The lowest BCUT2D eigenvalue weighted by atomic mass is 9.47. The number of fused-ring (bicyclic) bond motifs is 7. The fourth-order valence-corrected chi connectivity index (χ4v) is 21.8. The van der Waals surface area contributed by atoms with Crippen molar-refractivity contribution in [3.05, 3.63) is 117 Å². The van der Waals surface area contributed by atoms with Crippen LogP contribution in [0.4, 0.5) is 27.8 Å². The Morgan fingerprint density at radius 2 is 1.62 bits per heavy atom. The summed E-state index contributed by atoms with van der Waals surface area (Å²) in [4.78, 5) is 159. The maximum absolute atomic E-state index is 15.3. The van der Waals surface area contributed by atoms with E-state index in [2.05, 4.69) is 90.4 Å². The predicted molar refractivity (Wildman–Crippen MR) is 455 cm³/mol. The average molecular weight is 1700 g/mol. The van der Waals surface area contributed by atoms with E-state index in [1.165, 1.54) is 27.8 Å². The summed E-state index contributed by atoms with van der Waals surface area (Å²) in [6.45, 7) is 12.8.